The van der Waals surface area contributed by atoms with E-state index in [1.807, 2.05) is 6.92 Å². The fourth-order valence-corrected chi connectivity index (χ4v) is 1.93. The molecule has 0 spiro atoms. The zero-order valence-corrected chi connectivity index (χ0v) is 14.3. The first-order valence-corrected chi connectivity index (χ1v) is 7.85. The van der Waals surface area contributed by atoms with Gasteiger partial charge in [-0.25, -0.2) is 4.79 Å². The van der Waals surface area contributed by atoms with Crippen molar-refractivity contribution in [1.29, 1.82) is 0 Å². The highest BCUT2D eigenvalue weighted by atomic mass is 16.6. The van der Waals surface area contributed by atoms with E-state index in [0.717, 1.165) is 18.6 Å². The highest BCUT2D eigenvalue weighted by Crippen LogP contribution is 2.18. The summed E-state index contributed by atoms with van der Waals surface area (Å²) in [4.78, 5) is 46.2. The van der Waals surface area contributed by atoms with Crippen LogP contribution in [0.4, 0.5) is 5.69 Å². The fraction of sp³-hybridized carbons (Fsp3) is 0.438. The summed E-state index contributed by atoms with van der Waals surface area (Å²) in [5.41, 5.74) is -0.629. The molecule has 0 heterocycles. The van der Waals surface area contributed by atoms with Gasteiger partial charge in [0.2, 0.25) is 5.91 Å². The normalized spacial score (nSPS) is 11.3. The zero-order valence-electron chi connectivity index (χ0n) is 14.3. The molecule has 1 aromatic carbocycles. The molecule has 0 bridgehead atoms. The number of rotatable bonds is 8. The van der Waals surface area contributed by atoms with Gasteiger partial charge in [0.15, 0.2) is 0 Å². The Labute approximate surface area is 144 Å². The Bertz CT molecular complexity index is 674. The Morgan fingerprint density at radius 1 is 1.20 bits per heavy atom. The predicted octanol–water partition coefficient (Wildman–Crippen LogP) is 1.42. The molecule has 0 fully saturated rings. The Hall–Kier alpha value is -2.97. The van der Waals surface area contributed by atoms with Crippen molar-refractivity contribution in [1.82, 2.24) is 10.6 Å². The van der Waals surface area contributed by atoms with Crippen LogP contribution >= 0.6 is 0 Å². The first kappa shape index (κ1) is 20.1. The summed E-state index contributed by atoms with van der Waals surface area (Å²) in [6, 6.07) is 2.43. The number of nitrogens with one attached hydrogen (secondary N) is 2. The van der Waals surface area contributed by atoms with E-state index in [0.29, 0.717) is 6.54 Å². The Kier molecular flexibility index (Phi) is 7.51. The molecule has 0 aliphatic heterocycles. The largest absolute Gasteiger partial charge is 0.462 e. The highest BCUT2D eigenvalue weighted by molar-refractivity contribution is 6.00. The molecule has 0 aliphatic rings. The molecule has 0 saturated carbocycles. The van der Waals surface area contributed by atoms with Gasteiger partial charge in [0.05, 0.1) is 17.1 Å². The lowest BCUT2D eigenvalue weighted by atomic mass is 10.1. The number of ether oxygens (including phenoxy) is 1. The van der Waals surface area contributed by atoms with Gasteiger partial charge in [-0.15, -0.1) is 0 Å². The summed E-state index contributed by atoms with van der Waals surface area (Å²) in [6.45, 7) is 5.55. The molecule has 9 nitrogen and oxygen atoms in total. The lowest BCUT2D eigenvalue weighted by molar-refractivity contribution is -0.384. The zero-order chi connectivity index (χ0) is 19.0. The van der Waals surface area contributed by atoms with Gasteiger partial charge >= 0.3 is 5.97 Å². The van der Waals surface area contributed by atoms with Crippen LogP contribution in [0.3, 0.4) is 0 Å². The van der Waals surface area contributed by atoms with Crippen molar-refractivity contribution in [2.24, 2.45) is 0 Å². The van der Waals surface area contributed by atoms with Crippen LogP contribution in [0.5, 0.6) is 0 Å². The molecule has 1 aromatic rings. The third-order valence-electron chi connectivity index (χ3n) is 3.19. The monoisotopic (exact) mass is 351 g/mol. The molecule has 136 valence electrons. The van der Waals surface area contributed by atoms with E-state index in [2.05, 4.69) is 10.6 Å². The molecule has 0 saturated heterocycles. The fourth-order valence-electron chi connectivity index (χ4n) is 1.93. The standard InChI is InChI=1S/C16H21N3O6/c1-4-6-17-14(20)10(3)18-15(21)11-7-12(16(22)25-5-2)9-13(8-11)19(23)24/h7-10H,4-6H2,1-3H3,(H,17,20)(H,18,21)/t10-/m0/s1. The molecular weight excluding hydrogens is 330 g/mol. The van der Waals surface area contributed by atoms with Crippen LogP contribution < -0.4 is 10.6 Å². The average molecular weight is 351 g/mol. The summed E-state index contributed by atoms with van der Waals surface area (Å²) in [6.07, 6.45) is 0.750. The SMILES string of the molecule is CCCNC(=O)[C@H](C)NC(=O)c1cc(C(=O)OCC)cc([N+](=O)[O-])c1. The Balaban J connectivity index is 3.02. The third-order valence-corrected chi connectivity index (χ3v) is 3.19. The minimum atomic E-state index is -0.829. The molecule has 0 aliphatic carbocycles. The van der Waals surface area contributed by atoms with Crippen LogP contribution in [0.25, 0.3) is 0 Å². The van der Waals surface area contributed by atoms with Crippen molar-refractivity contribution in [3.8, 4) is 0 Å². The summed E-state index contributed by atoms with van der Waals surface area (Å²) in [5.74, 6) is -1.84. The summed E-state index contributed by atoms with van der Waals surface area (Å²) < 4.78 is 4.80. The van der Waals surface area contributed by atoms with Crippen molar-refractivity contribution in [3.63, 3.8) is 0 Å². The van der Waals surface area contributed by atoms with Crippen LogP contribution in [-0.4, -0.2) is 41.9 Å². The van der Waals surface area contributed by atoms with Gasteiger partial charge in [-0.1, -0.05) is 6.92 Å². The van der Waals surface area contributed by atoms with E-state index >= 15 is 0 Å². The second-order valence-corrected chi connectivity index (χ2v) is 5.23. The van der Waals surface area contributed by atoms with Crippen LogP contribution in [0.2, 0.25) is 0 Å². The van der Waals surface area contributed by atoms with E-state index in [1.165, 1.54) is 13.0 Å². The first-order valence-electron chi connectivity index (χ1n) is 7.85. The maximum atomic E-state index is 12.3. The topological polar surface area (TPSA) is 128 Å². The minimum absolute atomic E-state index is 0.0949. The van der Waals surface area contributed by atoms with Crippen molar-refractivity contribution in [3.05, 3.63) is 39.4 Å². The molecule has 1 atom stereocenters. The smallest absolute Gasteiger partial charge is 0.338 e. The highest BCUT2D eigenvalue weighted by Gasteiger charge is 2.21. The van der Waals surface area contributed by atoms with Crippen LogP contribution in [-0.2, 0) is 9.53 Å². The lowest BCUT2D eigenvalue weighted by Gasteiger charge is -2.14. The first-order chi connectivity index (χ1) is 11.8. The number of hydrogen-bond donors (Lipinski definition) is 2. The molecule has 9 heteroatoms. The predicted molar refractivity (Wildman–Crippen MR) is 89.3 cm³/mol. The van der Waals surface area contributed by atoms with E-state index in [9.17, 15) is 24.5 Å². The summed E-state index contributed by atoms with van der Waals surface area (Å²) >= 11 is 0. The molecule has 25 heavy (non-hydrogen) atoms. The molecule has 1 rings (SSSR count). The number of benzene rings is 1. The number of carbonyl (C=O) groups is 3. The van der Waals surface area contributed by atoms with E-state index < -0.39 is 28.5 Å². The van der Waals surface area contributed by atoms with Crippen LogP contribution in [0.15, 0.2) is 18.2 Å². The number of nitrogens with zero attached hydrogens (tertiary/aromatic N) is 1. The molecule has 2 amide bonds. The second-order valence-electron chi connectivity index (χ2n) is 5.23. The Morgan fingerprint density at radius 2 is 1.84 bits per heavy atom. The summed E-state index contributed by atoms with van der Waals surface area (Å²) in [7, 11) is 0. The third kappa shape index (κ3) is 5.87. The number of nitro benzene ring substituents is 1. The summed E-state index contributed by atoms with van der Waals surface area (Å²) in [5, 5.41) is 16.1. The molecule has 2 N–H and O–H groups in total. The number of esters is 1. The van der Waals surface area contributed by atoms with Gasteiger partial charge in [0.1, 0.15) is 6.04 Å². The van der Waals surface area contributed by atoms with Gasteiger partial charge in [-0.05, 0) is 26.3 Å². The van der Waals surface area contributed by atoms with Gasteiger partial charge in [0.25, 0.3) is 11.6 Å². The van der Waals surface area contributed by atoms with Crippen molar-refractivity contribution in [2.75, 3.05) is 13.2 Å². The van der Waals surface area contributed by atoms with Gasteiger partial charge in [-0.3, -0.25) is 19.7 Å². The molecule has 0 unspecified atom stereocenters. The number of amides is 2. The van der Waals surface area contributed by atoms with E-state index in [-0.39, 0.29) is 23.6 Å². The minimum Gasteiger partial charge on any atom is -0.462 e. The van der Waals surface area contributed by atoms with Crippen molar-refractivity contribution in [2.45, 2.75) is 33.2 Å². The molecule has 0 radical (unpaired) electrons. The van der Waals surface area contributed by atoms with Crippen LogP contribution in [0.1, 0.15) is 47.9 Å². The average Bonchev–Trinajstić information content (AvgIpc) is 2.59. The second kappa shape index (κ2) is 9.36. The number of carbonyl (C=O) groups excluding carboxylic acids is 3. The van der Waals surface area contributed by atoms with Crippen LogP contribution in [0, 0.1) is 10.1 Å². The maximum absolute atomic E-state index is 12.3. The van der Waals surface area contributed by atoms with Crippen molar-refractivity contribution >= 4 is 23.5 Å². The Morgan fingerprint density at radius 3 is 2.40 bits per heavy atom. The number of nitro groups is 1. The molecular formula is C16H21N3O6. The van der Waals surface area contributed by atoms with E-state index in [1.54, 1.807) is 6.92 Å². The lowest BCUT2D eigenvalue weighted by Crippen LogP contribution is -2.45. The van der Waals surface area contributed by atoms with Gasteiger partial charge in [0, 0.05) is 24.2 Å². The number of non-ortho nitro benzene ring substituents is 1. The quantitative estimate of drug-likeness (QED) is 0.414. The number of hydrogen-bond acceptors (Lipinski definition) is 6. The molecule has 0 aromatic heterocycles. The van der Waals surface area contributed by atoms with Gasteiger partial charge < -0.3 is 15.4 Å². The van der Waals surface area contributed by atoms with Gasteiger partial charge in [-0.2, -0.15) is 0 Å². The van der Waals surface area contributed by atoms with Crippen molar-refractivity contribution < 1.29 is 24.0 Å². The van der Waals surface area contributed by atoms with E-state index in [4.69, 9.17) is 4.74 Å². The maximum Gasteiger partial charge on any atom is 0.338 e.